The van der Waals surface area contributed by atoms with Gasteiger partial charge in [0.15, 0.2) is 0 Å². The summed E-state index contributed by atoms with van der Waals surface area (Å²) in [5.41, 5.74) is 5.13. The number of halogens is 1. The SMILES string of the molecule is COc1ccc(/C=N\NC(=O)Cc2ccc(F)cc2)cc1COc1ccc(C(=O)OCC(C)C)cc1. The van der Waals surface area contributed by atoms with Crippen LogP contribution in [0.1, 0.15) is 40.9 Å². The lowest BCUT2D eigenvalue weighted by atomic mass is 10.1. The third-order valence-electron chi connectivity index (χ3n) is 5.02. The van der Waals surface area contributed by atoms with E-state index < -0.39 is 0 Å². The highest BCUT2D eigenvalue weighted by atomic mass is 19.1. The van der Waals surface area contributed by atoms with Crippen molar-refractivity contribution in [3.63, 3.8) is 0 Å². The summed E-state index contributed by atoms with van der Waals surface area (Å²) < 4.78 is 29.5. The van der Waals surface area contributed by atoms with E-state index in [0.717, 1.165) is 11.1 Å². The molecule has 0 bridgehead atoms. The van der Waals surface area contributed by atoms with E-state index in [1.807, 2.05) is 19.9 Å². The second kappa shape index (κ2) is 13.0. The number of hydrogen-bond acceptors (Lipinski definition) is 6. The number of carbonyl (C=O) groups is 2. The van der Waals surface area contributed by atoms with Gasteiger partial charge in [0.25, 0.3) is 0 Å². The van der Waals surface area contributed by atoms with E-state index in [-0.39, 0.29) is 36.6 Å². The van der Waals surface area contributed by atoms with E-state index in [0.29, 0.717) is 29.2 Å². The van der Waals surface area contributed by atoms with E-state index in [9.17, 15) is 14.0 Å². The number of benzene rings is 3. The molecule has 0 aromatic heterocycles. The molecule has 0 heterocycles. The third-order valence-corrected chi connectivity index (χ3v) is 5.02. The number of nitrogens with one attached hydrogen (secondary N) is 1. The molecule has 0 fully saturated rings. The number of methoxy groups -OCH3 is 1. The van der Waals surface area contributed by atoms with Gasteiger partial charge in [0.05, 0.1) is 31.9 Å². The first-order chi connectivity index (χ1) is 17.3. The average Bonchev–Trinajstić information content (AvgIpc) is 2.87. The smallest absolute Gasteiger partial charge is 0.338 e. The van der Waals surface area contributed by atoms with Crippen LogP contribution in [0.3, 0.4) is 0 Å². The maximum Gasteiger partial charge on any atom is 0.338 e. The minimum atomic E-state index is -0.367. The van der Waals surface area contributed by atoms with Gasteiger partial charge in [0.2, 0.25) is 5.91 Å². The summed E-state index contributed by atoms with van der Waals surface area (Å²) in [4.78, 5) is 24.1. The highest BCUT2D eigenvalue weighted by molar-refractivity contribution is 5.89. The quantitative estimate of drug-likeness (QED) is 0.233. The highest BCUT2D eigenvalue weighted by Crippen LogP contribution is 2.22. The summed E-state index contributed by atoms with van der Waals surface area (Å²) >= 11 is 0. The van der Waals surface area contributed by atoms with Gasteiger partial charge in [0, 0.05) is 5.56 Å². The Morgan fingerprint density at radius 2 is 1.75 bits per heavy atom. The number of carbonyl (C=O) groups excluding carboxylic acids is 2. The number of nitrogens with zero attached hydrogens (tertiary/aromatic N) is 1. The van der Waals surface area contributed by atoms with Crippen molar-refractivity contribution < 1.29 is 28.2 Å². The Kier molecular flexibility index (Phi) is 9.56. The monoisotopic (exact) mass is 492 g/mol. The Morgan fingerprint density at radius 1 is 1.03 bits per heavy atom. The Balaban J connectivity index is 1.56. The van der Waals surface area contributed by atoms with Gasteiger partial charge in [-0.1, -0.05) is 26.0 Å². The van der Waals surface area contributed by atoms with E-state index >= 15 is 0 Å². The highest BCUT2D eigenvalue weighted by Gasteiger charge is 2.10. The number of rotatable bonds is 11. The van der Waals surface area contributed by atoms with E-state index in [2.05, 4.69) is 10.5 Å². The van der Waals surface area contributed by atoms with Gasteiger partial charge in [-0.25, -0.2) is 14.6 Å². The largest absolute Gasteiger partial charge is 0.496 e. The molecule has 3 rings (SSSR count). The first-order valence-corrected chi connectivity index (χ1v) is 11.5. The molecule has 0 radical (unpaired) electrons. The van der Waals surface area contributed by atoms with Crippen LogP contribution in [0.4, 0.5) is 4.39 Å². The number of hydrogen-bond donors (Lipinski definition) is 1. The molecule has 0 aliphatic carbocycles. The molecular formula is C28H29FN2O5. The molecule has 1 N–H and O–H groups in total. The van der Waals surface area contributed by atoms with Crippen LogP contribution in [0, 0.1) is 11.7 Å². The Hall–Kier alpha value is -4.20. The molecule has 0 atom stereocenters. The molecule has 3 aromatic rings. The second-order valence-corrected chi connectivity index (χ2v) is 8.47. The van der Waals surface area contributed by atoms with Crippen LogP contribution < -0.4 is 14.9 Å². The lowest BCUT2D eigenvalue weighted by Crippen LogP contribution is -2.19. The fraction of sp³-hybridized carbons (Fsp3) is 0.250. The molecule has 1 amide bonds. The van der Waals surface area contributed by atoms with Gasteiger partial charge in [-0.05, 0) is 71.6 Å². The molecule has 188 valence electrons. The van der Waals surface area contributed by atoms with E-state index in [4.69, 9.17) is 14.2 Å². The van der Waals surface area contributed by atoms with Crippen molar-refractivity contribution in [1.29, 1.82) is 0 Å². The molecule has 8 heteroatoms. The van der Waals surface area contributed by atoms with Gasteiger partial charge in [-0.2, -0.15) is 5.10 Å². The lowest BCUT2D eigenvalue weighted by Gasteiger charge is -2.12. The summed E-state index contributed by atoms with van der Waals surface area (Å²) in [7, 11) is 1.57. The fourth-order valence-corrected chi connectivity index (χ4v) is 3.17. The Bertz CT molecular complexity index is 1190. The standard InChI is InChI=1S/C28H29FN2O5/c1-19(2)17-36-28(33)22-7-11-25(12-8-22)35-18-23-14-21(6-13-26(23)34-3)16-30-31-27(32)15-20-4-9-24(29)10-5-20/h4-14,16,19H,15,17-18H2,1-3H3,(H,31,32)/b30-16-. The maximum absolute atomic E-state index is 13.0. The molecule has 0 unspecified atom stereocenters. The molecular weight excluding hydrogens is 463 g/mol. The van der Waals surface area contributed by atoms with Crippen molar-refractivity contribution in [3.05, 3.63) is 94.8 Å². The fourth-order valence-electron chi connectivity index (χ4n) is 3.17. The molecule has 7 nitrogen and oxygen atoms in total. The molecule has 0 saturated heterocycles. The molecule has 0 aliphatic heterocycles. The van der Waals surface area contributed by atoms with Crippen LogP contribution in [0.2, 0.25) is 0 Å². The molecule has 0 spiro atoms. The molecule has 3 aromatic carbocycles. The minimum absolute atomic E-state index is 0.0908. The summed E-state index contributed by atoms with van der Waals surface area (Å²) in [5.74, 6) is 0.464. The molecule has 0 aliphatic rings. The predicted molar refractivity (Wildman–Crippen MR) is 135 cm³/mol. The van der Waals surface area contributed by atoms with Crippen molar-refractivity contribution in [2.75, 3.05) is 13.7 Å². The lowest BCUT2D eigenvalue weighted by molar-refractivity contribution is -0.120. The predicted octanol–water partition coefficient (Wildman–Crippen LogP) is 4.92. The van der Waals surface area contributed by atoms with Crippen molar-refractivity contribution in [2.45, 2.75) is 26.9 Å². The van der Waals surface area contributed by atoms with E-state index in [1.165, 1.54) is 18.3 Å². The first-order valence-electron chi connectivity index (χ1n) is 11.5. The summed E-state index contributed by atoms with van der Waals surface area (Å²) in [6, 6.07) is 17.9. The Labute approximate surface area is 209 Å². The van der Waals surface area contributed by atoms with Crippen LogP contribution >= 0.6 is 0 Å². The summed E-state index contributed by atoms with van der Waals surface area (Å²) in [6.07, 6.45) is 1.61. The number of esters is 1. The molecule has 36 heavy (non-hydrogen) atoms. The van der Waals surface area contributed by atoms with Crippen LogP contribution in [0.25, 0.3) is 0 Å². The van der Waals surface area contributed by atoms with Gasteiger partial charge >= 0.3 is 5.97 Å². The first kappa shape index (κ1) is 26.4. The van der Waals surface area contributed by atoms with E-state index in [1.54, 1.807) is 55.6 Å². The average molecular weight is 493 g/mol. The zero-order valence-electron chi connectivity index (χ0n) is 20.5. The number of ether oxygens (including phenoxy) is 3. The second-order valence-electron chi connectivity index (χ2n) is 8.47. The van der Waals surface area contributed by atoms with Gasteiger partial charge in [-0.15, -0.1) is 0 Å². The van der Waals surface area contributed by atoms with Crippen LogP contribution in [-0.4, -0.2) is 31.8 Å². The minimum Gasteiger partial charge on any atom is -0.496 e. The van der Waals surface area contributed by atoms with Crippen molar-refractivity contribution >= 4 is 18.1 Å². The van der Waals surface area contributed by atoms with Crippen molar-refractivity contribution in [3.8, 4) is 11.5 Å². The van der Waals surface area contributed by atoms with Gasteiger partial charge in [0.1, 0.15) is 23.9 Å². The van der Waals surface area contributed by atoms with Gasteiger partial charge in [-0.3, -0.25) is 4.79 Å². The van der Waals surface area contributed by atoms with Crippen LogP contribution in [-0.2, 0) is 22.6 Å². The summed E-state index contributed by atoms with van der Waals surface area (Å²) in [6.45, 7) is 4.55. The number of amides is 1. The van der Waals surface area contributed by atoms with Crippen LogP contribution in [0.15, 0.2) is 71.8 Å². The number of hydrazone groups is 1. The normalized spacial score (nSPS) is 10.9. The third kappa shape index (κ3) is 8.23. The van der Waals surface area contributed by atoms with Crippen molar-refractivity contribution in [2.24, 2.45) is 11.0 Å². The molecule has 0 saturated carbocycles. The zero-order valence-corrected chi connectivity index (χ0v) is 20.5. The maximum atomic E-state index is 13.0. The zero-order chi connectivity index (χ0) is 25.9. The van der Waals surface area contributed by atoms with Crippen LogP contribution in [0.5, 0.6) is 11.5 Å². The van der Waals surface area contributed by atoms with Crippen molar-refractivity contribution in [1.82, 2.24) is 5.43 Å². The van der Waals surface area contributed by atoms with Gasteiger partial charge < -0.3 is 14.2 Å². The summed E-state index contributed by atoms with van der Waals surface area (Å²) in [5, 5.41) is 4.00. The topological polar surface area (TPSA) is 86.2 Å². The Morgan fingerprint density at radius 3 is 2.42 bits per heavy atom.